The second kappa shape index (κ2) is 7.54. The summed E-state index contributed by atoms with van der Waals surface area (Å²) in [6.07, 6.45) is 0.675. The Bertz CT molecular complexity index is 945. The number of hydrogen-bond acceptors (Lipinski definition) is 1. The maximum absolute atomic E-state index is 13.4. The van der Waals surface area contributed by atoms with Crippen molar-refractivity contribution in [1.82, 2.24) is 0 Å². The van der Waals surface area contributed by atoms with Crippen molar-refractivity contribution in [2.24, 2.45) is 0 Å². The molecule has 0 saturated carbocycles. The Hall–Kier alpha value is -3.02. The fourth-order valence-electron chi connectivity index (χ4n) is 4.21. The first-order valence-corrected chi connectivity index (χ1v) is 12.0. The molecule has 4 rings (SSSR count). The Kier molecular flexibility index (Phi) is 4.94. The van der Waals surface area contributed by atoms with Crippen molar-refractivity contribution in [3.05, 3.63) is 127 Å². The molecule has 4 aromatic rings. The topological polar surface area (TPSA) is 17.1 Å². The van der Waals surface area contributed by atoms with Crippen LogP contribution in [0, 0.1) is 0 Å². The van der Waals surface area contributed by atoms with Gasteiger partial charge in [-0.2, -0.15) is 0 Å². The molecule has 0 amide bonds. The van der Waals surface area contributed by atoms with E-state index in [1.807, 2.05) is 72.8 Å². The SMILES string of the molecule is O=CP(Cc1ccccc1)(c1ccccc1)(c1ccccc1)c1ccccc1. The van der Waals surface area contributed by atoms with Gasteiger partial charge in [-0.15, -0.1) is 0 Å². The van der Waals surface area contributed by atoms with Gasteiger partial charge < -0.3 is 0 Å². The summed E-state index contributed by atoms with van der Waals surface area (Å²) in [5.74, 6) is 0. The van der Waals surface area contributed by atoms with Crippen LogP contribution < -0.4 is 15.9 Å². The molecule has 138 valence electrons. The molecule has 0 spiro atoms. The number of rotatable bonds is 6. The molecule has 28 heavy (non-hydrogen) atoms. The number of hydrogen-bond donors (Lipinski definition) is 0. The molecular formula is C26H23OP. The average Bonchev–Trinajstić information content (AvgIpc) is 2.80. The molecule has 0 saturated heterocycles. The predicted molar refractivity (Wildman–Crippen MR) is 122 cm³/mol. The quantitative estimate of drug-likeness (QED) is 0.342. The van der Waals surface area contributed by atoms with Crippen molar-refractivity contribution in [2.45, 2.75) is 6.16 Å². The van der Waals surface area contributed by atoms with E-state index in [0.717, 1.165) is 15.9 Å². The average molecular weight is 382 g/mol. The summed E-state index contributed by atoms with van der Waals surface area (Å²) in [6.45, 7) is -3.38. The predicted octanol–water partition coefficient (Wildman–Crippen LogP) is 4.91. The third kappa shape index (κ3) is 2.80. The number of carbonyl (C=O) groups excluding carboxylic acids is 1. The van der Waals surface area contributed by atoms with Gasteiger partial charge >= 0.3 is 166 Å². The minimum atomic E-state index is -3.38. The Morgan fingerprint density at radius 1 is 0.500 bits per heavy atom. The summed E-state index contributed by atoms with van der Waals surface area (Å²) in [6, 6.07) is 42.6. The van der Waals surface area contributed by atoms with Crippen molar-refractivity contribution in [3.63, 3.8) is 0 Å². The third-order valence-electron chi connectivity index (χ3n) is 5.62. The second-order valence-electron chi connectivity index (χ2n) is 7.14. The molecule has 0 fully saturated rings. The maximum atomic E-state index is 13.4. The van der Waals surface area contributed by atoms with Crippen LogP contribution in [0.3, 0.4) is 0 Å². The Labute approximate surface area is 166 Å². The number of benzene rings is 4. The van der Waals surface area contributed by atoms with E-state index in [0.29, 0.717) is 6.16 Å². The summed E-state index contributed by atoms with van der Waals surface area (Å²) >= 11 is 0. The van der Waals surface area contributed by atoms with Gasteiger partial charge in [0.1, 0.15) is 0 Å². The Morgan fingerprint density at radius 2 is 0.821 bits per heavy atom. The van der Waals surface area contributed by atoms with E-state index < -0.39 is 6.60 Å². The van der Waals surface area contributed by atoms with Crippen molar-refractivity contribution in [3.8, 4) is 0 Å². The van der Waals surface area contributed by atoms with Gasteiger partial charge in [0.15, 0.2) is 0 Å². The minimum absolute atomic E-state index is 0.675. The van der Waals surface area contributed by atoms with Crippen molar-refractivity contribution < 1.29 is 4.79 Å². The molecule has 0 radical (unpaired) electrons. The van der Waals surface area contributed by atoms with Crippen LogP contribution in [0.4, 0.5) is 0 Å². The van der Waals surface area contributed by atoms with Crippen LogP contribution in [-0.2, 0) is 11.0 Å². The van der Waals surface area contributed by atoms with E-state index in [-0.39, 0.29) is 0 Å². The van der Waals surface area contributed by atoms with Crippen LogP contribution >= 0.6 is 6.60 Å². The monoisotopic (exact) mass is 382 g/mol. The fraction of sp³-hybridized carbons (Fsp3) is 0.0385. The molecule has 0 N–H and O–H groups in total. The molecule has 2 heteroatoms. The van der Waals surface area contributed by atoms with Crippen LogP contribution in [0.25, 0.3) is 0 Å². The molecule has 0 aliphatic heterocycles. The zero-order valence-corrected chi connectivity index (χ0v) is 16.6. The van der Waals surface area contributed by atoms with E-state index in [4.69, 9.17) is 0 Å². The first-order valence-electron chi connectivity index (χ1n) is 9.48. The molecule has 1 nitrogen and oxygen atoms in total. The molecule has 0 aliphatic carbocycles. The number of carbonyl (C=O) groups is 1. The molecular weight excluding hydrogens is 359 g/mol. The zero-order chi connectivity index (χ0) is 19.3. The van der Waals surface area contributed by atoms with Crippen LogP contribution in [0.2, 0.25) is 0 Å². The van der Waals surface area contributed by atoms with Crippen LogP contribution in [-0.4, -0.2) is 6.03 Å². The first kappa shape index (κ1) is 18.3. The first-order chi connectivity index (χ1) is 13.8. The molecule has 4 aromatic carbocycles. The van der Waals surface area contributed by atoms with Gasteiger partial charge in [0.25, 0.3) is 0 Å². The van der Waals surface area contributed by atoms with Gasteiger partial charge in [-0.05, 0) is 0 Å². The second-order valence-corrected chi connectivity index (χ2v) is 12.0. The van der Waals surface area contributed by atoms with Crippen LogP contribution in [0.15, 0.2) is 121 Å². The van der Waals surface area contributed by atoms with Gasteiger partial charge in [-0.25, -0.2) is 0 Å². The molecule has 0 aliphatic rings. The summed E-state index contributed by atoms with van der Waals surface area (Å²) in [4.78, 5) is 13.4. The van der Waals surface area contributed by atoms with E-state index in [1.165, 1.54) is 11.6 Å². The Balaban J connectivity index is 2.16. The van der Waals surface area contributed by atoms with Gasteiger partial charge in [-0.1, -0.05) is 0 Å². The summed E-state index contributed by atoms with van der Waals surface area (Å²) in [7, 11) is 0. The van der Waals surface area contributed by atoms with Gasteiger partial charge in [0.05, 0.1) is 0 Å². The van der Waals surface area contributed by atoms with E-state index in [9.17, 15) is 4.79 Å². The van der Waals surface area contributed by atoms with Crippen molar-refractivity contribution in [1.29, 1.82) is 0 Å². The van der Waals surface area contributed by atoms with Gasteiger partial charge in [0.2, 0.25) is 0 Å². The Morgan fingerprint density at radius 3 is 1.14 bits per heavy atom. The molecule has 0 unspecified atom stereocenters. The normalized spacial score (nSPS) is 12.6. The summed E-state index contributed by atoms with van der Waals surface area (Å²) in [5, 5.41) is 3.30. The zero-order valence-electron chi connectivity index (χ0n) is 15.7. The fourth-order valence-corrected chi connectivity index (χ4v) is 9.62. The van der Waals surface area contributed by atoms with Crippen LogP contribution in [0.5, 0.6) is 0 Å². The van der Waals surface area contributed by atoms with E-state index >= 15 is 0 Å². The molecule has 0 heterocycles. The van der Waals surface area contributed by atoms with Crippen LogP contribution in [0.1, 0.15) is 5.56 Å². The van der Waals surface area contributed by atoms with E-state index in [2.05, 4.69) is 48.5 Å². The molecule has 0 atom stereocenters. The van der Waals surface area contributed by atoms with Crippen molar-refractivity contribution >= 4 is 28.5 Å². The van der Waals surface area contributed by atoms with Gasteiger partial charge in [0, 0.05) is 0 Å². The molecule has 0 aromatic heterocycles. The summed E-state index contributed by atoms with van der Waals surface area (Å²) in [5.41, 5.74) is 1.17. The standard InChI is InChI=1S/C26H23OP/c27-22-28(24-15-7-2-8-16-24,25-17-9-3-10-18-25,26-19-11-4-12-20-26)21-23-13-5-1-6-14-23/h1-20,22H,21H2. The summed E-state index contributed by atoms with van der Waals surface area (Å²) < 4.78 is 0. The van der Waals surface area contributed by atoms with Gasteiger partial charge in [-0.3, -0.25) is 0 Å². The molecule has 0 bridgehead atoms. The van der Waals surface area contributed by atoms with E-state index in [1.54, 1.807) is 0 Å². The third-order valence-corrected chi connectivity index (χ3v) is 11.5. The van der Waals surface area contributed by atoms with Crippen molar-refractivity contribution in [2.75, 3.05) is 0 Å².